The normalized spacial score (nSPS) is 47.8. The van der Waals surface area contributed by atoms with E-state index in [0.717, 1.165) is 50.4 Å². The third-order valence-corrected chi connectivity index (χ3v) is 10.4. The van der Waals surface area contributed by atoms with Gasteiger partial charge in [-0.3, -0.25) is 4.79 Å². The van der Waals surface area contributed by atoms with Crippen molar-refractivity contribution in [2.45, 2.75) is 84.2 Å². The molecule has 1 N–H and O–H groups in total. The first-order valence-corrected chi connectivity index (χ1v) is 12.2. The summed E-state index contributed by atoms with van der Waals surface area (Å²) < 4.78 is 13.3. The highest BCUT2D eigenvalue weighted by Gasteiger charge is 2.61. The summed E-state index contributed by atoms with van der Waals surface area (Å²) in [5.74, 6) is 2.76. The Morgan fingerprint density at radius 2 is 1.60 bits per heavy atom. The van der Waals surface area contributed by atoms with Gasteiger partial charge in [0.25, 0.3) is 0 Å². The maximum Gasteiger partial charge on any atom is 0.166 e. The van der Waals surface area contributed by atoms with E-state index < -0.39 is 5.60 Å². The maximum absolute atomic E-state index is 13.4. The number of halogens is 1. The van der Waals surface area contributed by atoms with Gasteiger partial charge in [-0.05, 0) is 123 Å². The van der Waals surface area contributed by atoms with Crippen molar-refractivity contribution in [3.05, 3.63) is 35.6 Å². The second-order valence-electron chi connectivity index (χ2n) is 11.9. The third kappa shape index (κ3) is 3.02. The number of aliphatic hydroxyl groups is 1. The Morgan fingerprint density at radius 1 is 0.900 bits per heavy atom. The van der Waals surface area contributed by atoms with Crippen LogP contribution in [-0.2, 0) is 0 Å². The Hall–Kier alpha value is -1.22. The molecule has 4 aliphatic rings. The van der Waals surface area contributed by atoms with Crippen molar-refractivity contribution < 1.29 is 14.3 Å². The Morgan fingerprint density at radius 3 is 2.33 bits per heavy atom. The number of carbonyl (C=O) groups excluding carboxylic acids is 1. The topological polar surface area (TPSA) is 37.3 Å². The van der Waals surface area contributed by atoms with E-state index in [4.69, 9.17) is 0 Å². The molecule has 164 valence electrons. The molecule has 0 radical (unpaired) electrons. The average molecular weight is 413 g/mol. The molecule has 3 heteroatoms. The molecule has 0 spiro atoms. The first kappa shape index (κ1) is 20.7. The van der Waals surface area contributed by atoms with E-state index in [1.165, 1.54) is 31.4 Å². The molecule has 0 amide bonds. The quantitative estimate of drug-likeness (QED) is 0.569. The highest BCUT2D eigenvalue weighted by molar-refractivity contribution is 5.98. The molecule has 1 aromatic rings. The number of hydrogen-bond acceptors (Lipinski definition) is 2. The van der Waals surface area contributed by atoms with E-state index in [0.29, 0.717) is 22.8 Å². The van der Waals surface area contributed by atoms with Crippen molar-refractivity contribution >= 4 is 5.78 Å². The zero-order valence-corrected chi connectivity index (χ0v) is 18.8. The number of rotatable bonds is 2. The second-order valence-corrected chi connectivity index (χ2v) is 11.9. The number of carbonyl (C=O) groups is 1. The van der Waals surface area contributed by atoms with Crippen LogP contribution < -0.4 is 0 Å². The molecule has 4 fully saturated rings. The minimum Gasteiger partial charge on any atom is -0.390 e. The lowest BCUT2D eigenvalue weighted by Gasteiger charge is -2.61. The molecule has 30 heavy (non-hydrogen) atoms. The summed E-state index contributed by atoms with van der Waals surface area (Å²) in [7, 11) is 0. The van der Waals surface area contributed by atoms with E-state index in [-0.39, 0.29) is 22.9 Å². The number of hydrogen-bond donors (Lipinski definition) is 1. The summed E-state index contributed by atoms with van der Waals surface area (Å²) in [5.41, 5.74) is 0.623. The average Bonchev–Trinajstić information content (AvgIpc) is 3.05. The van der Waals surface area contributed by atoms with E-state index in [9.17, 15) is 14.3 Å². The molecule has 0 aromatic heterocycles. The summed E-state index contributed by atoms with van der Waals surface area (Å²) in [6.45, 7) is 6.93. The van der Waals surface area contributed by atoms with Crippen molar-refractivity contribution in [3.8, 4) is 0 Å². The highest BCUT2D eigenvalue weighted by Crippen LogP contribution is 2.68. The number of ketones is 1. The fourth-order valence-electron chi connectivity index (χ4n) is 8.68. The lowest BCUT2D eigenvalue weighted by Crippen LogP contribution is -2.55. The van der Waals surface area contributed by atoms with Gasteiger partial charge < -0.3 is 5.11 Å². The number of fused-ring (bicyclic) bond motifs is 5. The van der Waals surface area contributed by atoms with Gasteiger partial charge in [0, 0.05) is 11.5 Å². The van der Waals surface area contributed by atoms with Gasteiger partial charge in [-0.1, -0.05) is 13.8 Å². The summed E-state index contributed by atoms with van der Waals surface area (Å²) in [6.07, 6.45) is 10.0. The van der Waals surface area contributed by atoms with Gasteiger partial charge in [-0.2, -0.15) is 0 Å². The van der Waals surface area contributed by atoms with Gasteiger partial charge in [0.1, 0.15) is 5.82 Å². The van der Waals surface area contributed by atoms with Crippen LogP contribution in [0.4, 0.5) is 4.39 Å². The highest BCUT2D eigenvalue weighted by atomic mass is 19.1. The molecule has 0 heterocycles. The zero-order valence-electron chi connectivity index (χ0n) is 18.8. The van der Waals surface area contributed by atoms with Crippen LogP contribution in [-0.4, -0.2) is 16.5 Å². The van der Waals surface area contributed by atoms with Gasteiger partial charge in [0.2, 0.25) is 0 Å². The largest absolute Gasteiger partial charge is 0.390 e. The minimum atomic E-state index is -0.486. The monoisotopic (exact) mass is 412 g/mol. The molecule has 0 bridgehead atoms. The molecular weight excluding hydrogens is 375 g/mol. The Kier molecular flexibility index (Phi) is 4.75. The summed E-state index contributed by atoms with van der Waals surface area (Å²) in [6, 6.07) is 6.16. The number of Topliss-reactive ketones (excluding diaryl/α,β-unsaturated/α-hetero) is 1. The van der Waals surface area contributed by atoms with Crippen LogP contribution in [0.15, 0.2) is 24.3 Å². The van der Waals surface area contributed by atoms with E-state index >= 15 is 0 Å². The van der Waals surface area contributed by atoms with Crippen LogP contribution in [0.2, 0.25) is 0 Å². The lowest BCUT2D eigenvalue weighted by molar-refractivity contribution is -0.144. The first-order valence-electron chi connectivity index (χ1n) is 12.2. The first-order chi connectivity index (χ1) is 14.1. The van der Waals surface area contributed by atoms with Gasteiger partial charge in [0.15, 0.2) is 5.78 Å². The second kappa shape index (κ2) is 6.89. The molecule has 8 atom stereocenters. The van der Waals surface area contributed by atoms with Gasteiger partial charge >= 0.3 is 0 Å². The zero-order chi connectivity index (χ0) is 21.3. The number of benzene rings is 1. The lowest BCUT2D eigenvalue weighted by atomic mass is 9.44. The van der Waals surface area contributed by atoms with Crippen LogP contribution in [0.25, 0.3) is 0 Å². The Bertz CT molecular complexity index is 830. The predicted molar refractivity (Wildman–Crippen MR) is 117 cm³/mol. The van der Waals surface area contributed by atoms with Crippen molar-refractivity contribution in [2.75, 3.05) is 0 Å². The fraction of sp³-hybridized carbons (Fsp3) is 0.741. The molecule has 0 saturated heterocycles. The molecular formula is C27H37FO2. The van der Waals surface area contributed by atoms with Crippen molar-refractivity contribution in [1.29, 1.82) is 0 Å². The van der Waals surface area contributed by atoms with Gasteiger partial charge in [0.05, 0.1) is 5.60 Å². The van der Waals surface area contributed by atoms with Gasteiger partial charge in [-0.25, -0.2) is 4.39 Å². The summed E-state index contributed by atoms with van der Waals surface area (Å²) >= 11 is 0. The van der Waals surface area contributed by atoms with E-state index in [2.05, 4.69) is 13.8 Å². The molecule has 4 saturated carbocycles. The smallest absolute Gasteiger partial charge is 0.166 e. The Balaban J connectivity index is 1.39. The minimum absolute atomic E-state index is 0.0755. The van der Waals surface area contributed by atoms with Crippen LogP contribution in [0.1, 0.15) is 88.9 Å². The Labute approximate surface area is 180 Å². The molecule has 2 nitrogen and oxygen atoms in total. The molecule has 1 aromatic carbocycles. The predicted octanol–water partition coefficient (Wildman–Crippen LogP) is 6.42. The summed E-state index contributed by atoms with van der Waals surface area (Å²) in [4.78, 5) is 13.4. The van der Waals surface area contributed by atoms with Crippen molar-refractivity contribution in [1.82, 2.24) is 0 Å². The third-order valence-electron chi connectivity index (χ3n) is 10.4. The van der Waals surface area contributed by atoms with Crippen molar-refractivity contribution in [2.24, 2.45) is 40.4 Å². The molecule has 4 aliphatic carbocycles. The SMILES string of the molecule is C[C@@]1(O)CC[C@@]2(C)[C@H](CC[C@@H]3[C@@H]2CC[C@]2(C)[C@@H](C(=O)c4ccc(F)cc4)CC[C@@H]32)C1. The molecule has 0 aliphatic heterocycles. The van der Waals surface area contributed by atoms with Crippen LogP contribution in [0.5, 0.6) is 0 Å². The van der Waals surface area contributed by atoms with Crippen LogP contribution in [0.3, 0.4) is 0 Å². The van der Waals surface area contributed by atoms with E-state index in [1.54, 1.807) is 12.1 Å². The standard InChI is InChI=1S/C27H37FO2/c1-25(30)14-15-26(2)18(16-25)6-9-20-21-10-11-23(27(21,3)13-12-22(20)26)24(29)17-4-7-19(28)8-5-17/h4-5,7-8,18,20-23,30H,6,9-16H2,1-3H3/t18-,20+,21+,22+,23-,25-,26+,27+/m1/s1. The molecule has 0 unspecified atom stereocenters. The maximum atomic E-state index is 13.4. The van der Waals surface area contributed by atoms with Crippen LogP contribution in [0, 0.1) is 46.2 Å². The van der Waals surface area contributed by atoms with Gasteiger partial charge in [-0.15, -0.1) is 0 Å². The van der Waals surface area contributed by atoms with Crippen LogP contribution >= 0.6 is 0 Å². The van der Waals surface area contributed by atoms with Crippen molar-refractivity contribution in [3.63, 3.8) is 0 Å². The molecule has 5 rings (SSSR count). The fourth-order valence-corrected chi connectivity index (χ4v) is 8.68. The summed E-state index contributed by atoms with van der Waals surface area (Å²) in [5, 5.41) is 10.7. The van der Waals surface area contributed by atoms with E-state index in [1.807, 2.05) is 6.92 Å².